The smallest absolute Gasteiger partial charge is 0.318 e. The molecule has 232 valence electrons. The second-order valence-corrected chi connectivity index (χ2v) is 13.3. The molecule has 8 nitrogen and oxygen atoms in total. The summed E-state index contributed by atoms with van der Waals surface area (Å²) in [4.78, 5) is 62.8. The number of hydrogen-bond acceptors (Lipinski definition) is 9. The van der Waals surface area contributed by atoms with Crippen LogP contribution in [0.1, 0.15) is 117 Å². The zero-order chi connectivity index (χ0) is 31.2. The number of fused-ring (bicyclic) bond motifs is 2. The minimum atomic E-state index is -0.472. The number of Topliss-reactive ketones (excluding diaryl/α,β-unsaturated/α-hetero) is 2. The molecular formula is C35H40N2O6S. The van der Waals surface area contributed by atoms with Gasteiger partial charge >= 0.3 is 11.9 Å². The average Bonchev–Trinajstić information content (AvgIpc) is 3.77. The largest absolute Gasteiger partial charge is 0.334 e. The number of benzene rings is 2. The molecule has 2 aliphatic carbocycles. The van der Waals surface area contributed by atoms with Crippen LogP contribution < -0.4 is 0 Å². The lowest BCUT2D eigenvalue weighted by molar-refractivity contribution is -0.144. The monoisotopic (exact) mass is 616 g/mol. The van der Waals surface area contributed by atoms with Gasteiger partial charge in [0, 0.05) is 33.8 Å². The summed E-state index contributed by atoms with van der Waals surface area (Å²) in [6.45, 7) is 5.64. The number of carbonyl (C=O) groups excluding carboxylic acids is 4. The number of nitrogens with zero attached hydrogens (tertiary/aromatic N) is 2. The highest BCUT2D eigenvalue weighted by atomic mass is 32.2. The van der Waals surface area contributed by atoms with E-state index in [1.165, 1.54) is 6.42 Å². The van der Waals surface area contributed by atoms with Gasteiger partial charge in [-0.05, 0) is 110 Å². The van der Waals surface area contributed by atoms with Crippen LogP contribution in [0.15, 0.2) is 56.5 Å². The highest BCUT2D eigenvalue weighted by Crippen LogP contribution is 2.41. The van der Waals surface area contributed by atoms with Crippen molar-refractivity contribution < 1.29 is 28.9 Å². The third-order valence-electron chi connectivity index (χ3n) is 8.63. The summed E-state index contributed by atoms with van der Waals surface area (Å²) in [6.07, 6.45) is 8.30. The maximum Gasteiger partial charge on any atom is 0.334 e. The normalized spacial score (nSPS) is 19.6. The summed E-state index contributed by atoms with van der Waals surface area (Å²) in [5, 5.41) is 7.99. The lowest BCUT2D eigenvalue weighted by Crippen LogP contribution is -2.18. The third kappa shape index (κ3) is 8.11. The molecule has 0 bridgehead atoms. The maximum atomic E-state index is 13.7. The van der Waals surface area contributed by atoms with Crippen LogP contribution >= 0.6 is 11.8 Å². The SMILES string of the molecule is CCC(=O)O/N=C(\CCC1CCC(C)C1)C(=O)c1ccc2c(c1)Cc1cc(C(=O)/C(CC3CC3)=N/OC(=O)CC)ccc1S2. The molecule has 5 rings (SSSR count). The second-order valence-electron chi connectivity index (χ2n) is 12.3. The quantitative estimate of drug-likeness (QED) is 0.0836. The Morgan fingerprint density at radius 2 is 1.32 bits per heavy atom. The fraction of sp³-hybridized carbons (Fsp3) is 0.486. The Bertz CT molecular complexity index is 1510. The molecule has 2 saturated carbocycles. The molecule has 0 N–H and O–H groups in total. The van der Waals surface area contributed by atoms with E-state index in [1.807, 2.05) is 30.3 Å². The molecule has 2 aromatic rings. The molecule has 0 amide bonds. The van der Waals surface area contributed by atoms with E-state index in [4.69, 9.17) is 9.68 Å². The lowest BCUT2D eigenvalue weighted by Gasteiger charge is -2.20. The van der Waals surface area contributed by atoms with Crippen LogP contribution in [0, 0.1) is 17.8 Å². The minimum absolute atomic E-state index is 0.183. The van der Waals surface area contributed by atoms with Gasteiger partial charge in [-0.15, -0.1) is 0 Å². The van der Waals surface area contributed by atoms with Gasteiger partial charge in [0.05, 0.1) is 0 Å². The second kappa shape index (κ2) is 14.5. The lowest BCUT2D eigenvalue weighted by atomic mass is 9.93. The van der Waals surface area contributed by atoms with Gasteiger partial charge < -0.3 is 9.68 Å². The highest BCUT2D eigenvalue weighted by molar-refractivity contribution is 7.99. The van der Waals surface area contributed by atoms with E-state index in [-0.39, 0.29) is 35.8 Å². The number of oxime groups is 2. The van der Waals surface area contributed by atoms with Crippen molar-refractivity contribution in [3.05, 3.63) is 58.7 Å². The molecule has 2 unspecified atom stereocenters. The van der Waals surface area contributed by atoms with E-state index >= 15 is 0 Å². The molecule has 1 heterocycles. The number of ketones is 2. The first kappa shape index (κ1) is 31.8. The standard InChI is InChI=1S/C35H40N2O6S/c1-4-32(38)42-36-28(13-10-22-7-6-21(3)16-22)34(40)24-11-14-30-26(18-24)20-27-19-25(12-15-31(27)44-30)35(41)29(17-23-8-9-23)37-43-33(39)5-2/h11-12,14-15,18-19,21-23H,4-10,13,16-17,20H2,1-3H3/b36-28+,37-29+. The van der Waals surface area contributed by atoms with Crippen LogP contribution in [-0.2, 0) is 25.7 Å². The molecule has 1 aliphatic heterocycles. The first-order valence-corrected chi connectivity index (χ1v) is 16.6. The highest BCUT2D eigenvalue weighted by Gasteiger charge is 2.29. The van der Waals surface area contributed by atoms with Gasteiger partial charge in [-0.25, -0.2) is 9.59 Å². The third-order valence-corrected chi connectivity index (χ3v) is 9.87. The van der Waals surface area contributed by atoms with Gasteiger partial charge in [-0.3, -0.25) is 9.59 Å². The topological polar surface area (TPSA) is 111 Å². The van der Waals surface area contributed by atoms with E-state index in [0.717, 1.165) is 53.0 Å². The summed E-state index contributed by atoms with van der Waals surface area (Å²) in [5.74, 6) is 0.234. The van der Waals surface area contributed by atoms with Crippen molar-refractivity contribution in [2.45, 2.75) is 101 Å². The Morgan fingerprint density at radius 3 is 1.84 bits per heavy atom. The summed E-state index contributed by atoms with van der Waals surface area (Å²) in [5.41, 5.74) is 3.51. The fourth-order valence-corrected chi connectivity index (χ4v) is 6.84. The molecule has 0 spiro atoms. The number of hydrogen-bond donors (Lipinski definition) is 0. The Balaban J connectivity index is 1.34. The molecule has 2 atom stereocenters. The van der Waals surface area contributed by atoms with E-state index in [0.29, 0.717) is 48.1 Å². The van der Waals surface area contributed by atoms with Gasteiger partial charge in [0.2, 0.25) is 11.6 Å². The molecule has 0 radical (unpaired) electrons. The van der Waals surface area contributed by atoms with Crippen LogP contribution in [0.25, 0.3) is 0 Å². The van der Waals surface area contributed by atoms with E-state index < -0.39 is 11.9 Å². The average molecular weight is 617 g/mol. The van der Waals surface area contributed by atoms with Crippen molar-refractivity contribution >= 4 is 46.7 Å². The van der Waals surface area contributed by atoms with Gasteiger partial charge in [-0.1, -0.05) is 55.7 Å². The van der Waals surface area contributed by atoms with Gasteiger partial charge in [-0.2, -0.15) is 0 Å². The zero-order valence-electron chi connectivity index (χ0n) is 25.7. The Hall–Kier alpha value is -3.59. The zero-order valence-corrected chi connectivity index (χ0v) is 26.5. The van der Waals surface area contributed by atoms with Crippen LogP contribution in [0.3, 0.4) is 0 Å². The predicted molar refractivity (Wildman–Crippen MR) is 169 cm³/mol. The van der Waals surface area contributed by atoms with Crippen molar-refractivity contribution in [1.82, 2.24) is 0 Å². The van der Waals surface area contributed by atoms with Crippen LogP contribution in [0.4, 0.5) is 0 Å². The first-order valence-electron chi connectivity index (χ1n) is 15.8. The summed E-state index contributed by atoms with van der Waals surface area (Å²) < 4.78 is 0. The molecular weight excluding hydrogens is 576 g/mol. The Morgan fingerprint density at radius 1 is 0.773 bits per heavy atom. The molecule has 0 saturated heterocycles. The minimum Gasteiger partial charge on any atom is -0.318 e. The van der Waals surface area contributed by atoms with Crippen LogP contribution in [0.2, 0.25) is 0 Å². The van der Waals surface area contributed by atoms with Crippen LogP contribution in [0.5, 0.6) is 0 Å². The summed E-state index contributed by atoms with van der Waals surface area (Å²) >= 11 is 1.60. The van der Waals surface area contributed by atoms with Crippen LogP contribution in [-0.4, -0.2) is 34.9 Å². The van der Waals surface area contributed by atoms with Gasteiger partial charge in [0.25, 0.3) is 0 Å². The Labute approximate surface area is 263 Å². The Kier molecular flexibility index (Phi) is 10.5. The van der Waals surface area contributed by atoms with Gasteiger partial charge in [0.15, 0.2) is 0 Å². The van der Waals surface area contributed by atoms with Gasteiger partial charge in [0.1, 0.15) is 11.4 Å². The van der Waals surface area contributed by atoms with E-state index in [2.05, 4.69) is 17.2 Å². The number of rotatable bonds is 13. The van der Waals surface area contributed by atoms with E-state index in [9.17, 15) is 19.2 Å². The molecule has 0 aromatic heterocycles. The molecule has 3 aliphatic rings. The van der Waals surface area contributed by atoms with E-state index in [1.54, 1.807) is 31.7 Å². The summed E-state index contributed by atoms with van der Waals surface area (Å²) in [6, 6.07) is 11.3. The first-order chi connectivity index (χ1) is 21.2. The molecule has 44 heavy (non-hydrogen) atoms. The number of carbonyl (C=O) groups is 4. The molecule has 9 heteroatoms. The summed E-state index contributed by atoms with van der Waals surface area (Å²) in [7, 11) is 0. The predicted octanol–water partition coefficient (Wildman–Crippen LogP) is 7.74. The van der Waals surface area contributed by atoms with Crippen molar-refractivity contribution in [3.63, 3.8) is 0 Å². The molecule has 2 aromatic carbocycles. The fourth-order valence-electron chi connectivity index (χ4n) is 5.81. The molecule has 2 fully saturated rings. The van der Waals surface area contributed by atoms with Crippen molar-refractivity contribution in [3.8, 4) is 0 Å². The maximum absolute atomic E-state index is 13.7. The van der Waals surface area contributed by atoms with Crippen molar-refractivity contribution in [2.75, 3.05) is 0 Å². The van der Waals surface area contributed by atoms with Crippen molar-refractivity contribution in [2.24, 2.45) is 28.1 Å². The van der Waals surface area contributed by atoms with Crippen molar-refractivity contribution in [1.29, 1.82) is 0 Å².